The molecule has 0 radical (unpaired) electrons. The zero-order chi connectivity index (χ0) is 15.4. The molecule has 0 spiro atoms. The fourth-order valence-electron chi connectivity index (χ4n) is 2.00. The Kier molecular flexibility index (Phi) is 4.32. The van der Waals surface area contributed by atoms with Crippen LogP contribution in [-0.4, -0.2) is 34.6 Å². The van der Waals surface area contributed by atoms with E-state index in [0.717, 1.165) is 0 Å². The molecule has 1 heterocycles. The number of methoxy groups -OCH3 is 1. The third kappa shape index (κ3) is 3.25. The monoisotopic (exact) mass is 289 g/mol. The number of ether oxygens (including phenoxy) is 1. The number of carbonyl (C=O) groups excluding carboxylic acids is 2. The number of amides is 1. The summed E-state index contributed by atoms with van der Waals surface area (Å²) in [6, 6.07) is 5.97. The van der Waals surface area contributed by atoms with E-state index >= 15 is 0 Å². The maximum absolute atomic E-state index is 12.3. The highest BCUT2D eigenvalue weighted by Gasteiger charge is 2.21. The Morgan fingerprint density at radius 3 is 2.76 bits per heavy atom. The van der Waals surface area contributed by atoms with Crippen LogP contribution in [-0.2, 0) is 20.9 Å². The number of esters is 1. The second kappa shape index (κ2) is 6.17. The molecule has 2 aromatic rings. The lowest BCUT2D eigenvalue weighted by molar-refractivity contribution is -0.145. The fraction of sp³-hybridized carbons (Fsp3) is 0.286. The summed E-state index contributed by atoms with van der Waals surface area (Å²) < 4.78 is 5.90. The number of fused-ring (bicyclic) bond motifs is 1. The molecule has 0 bridgehead atoms. The van der Waals surface area contributed by atoms with E-state index in [4.69, 9.17) is 0 Å². The number of aromatic nitrogens is 2. The largest absolute Gasteiger partial charge is 0.467 e. The van der Waals surface area contributed by atoms with E-state index in [1.165, 1.54) is 24.9 Å². The molecule has 0 saturated heterocycles. The number of carbonyl (C=O) groups is 2. The number of benzene rings is 1. The summed E-state index contributed by atoms with van der Waals surface area (Å²) in [5, 5.41) is 2.90. The van der Waals surface area contributed by atoms with E-state index in [1.807, 2.05) is 0 Å². The molecule has 7 nitrogen and oxygen atoms in total. The number of hydrogen-bond donors (Lipinski definition) is 1. The molecule has 0 aliphatic carbocycles. The van der Waals surface area contributed by atoms with Crippen molar-refractivity contribution in [3.05, 3.63) is 40.9 Å². The molecule has 7 heteroatoms. The van der Waals surface area contributed by atoms with Gasteiger partial charge in [0.15, 0.2) is 0 Å². The van der Waals surface area contributed by atoms with Gasteiger partial charge in [0.2, 0.25) is 5.91 Å². The molecule has 1 atom stereocenters. The van der Waals surface area contributed by atoms with E-state index < -0.39 is 12.0 Å². The Hall–Kier alpha value is -2.70. The van der Waals surface area contributed by atoms with Gasteiger partial charge in [0.05, 0.1) is 30.9 Å². The Bertz CT molecular complexity index is 738. The molecule has 1 aromatic carbocycles. The minimum absolute atomic E-state index is 0.0388. The predicted molar refractivity (Wildman–Crippen MR) is 75.6 cm³/mol. The van der Waals surface area contributed by atoms with Gasteiger partial charge in [0.1, 0.15) is 6.04 Å². The van der Waals surface area contributed by atoms with Crippen molar-refractivity contribution in [1.29, 1.82) is 0 Å². The average Bonchev–Trinajstić information content (AvgIpc) is 2.48. The third-order valence-electron chi connectivity index (χ3n) is 2.97. The van der Waals surface area contributed by atoms with E-state index in [1.54, 1.807) is 24.3 Å². The van der Waals surface area contributed by atoms with Crippen LogP contribution in [0.5, 0.6) is 0 Å². The van der Waals surface area contributed by atoms with Gasteiger partial charge in [-0.2, -0.15) is 0 Å². The van der Waals surface area contributed by atoms with Crippen LogP contribution in [0.1, 0.15) is 6.92 Å². The average molecular weight is 289 g/mol. The topological polar surface area (TPSA) is 90.3 Å². The summed E-state index contributed by atoms with van der Waals surface area (Å²) in [6.45, 7) is 1.25. The van der Waals surface area contributed by atoms with Gasteiger partial charge in [-0.15, -0.1) is 0 Å². The molecular formula is C14H15N3O4. The van der Waals surface area contributed by atoms with E-state index in [-0.39, 0.29) is 18.0 Å². The summed E-state index contributed by atoms with van der Waals surface area (Å²) in [7, 11) is 1.22. The molecule has 1 unspecified atom stereocenters. The SMILES string of the molecule is COC(=O)C(Cn1cnc2ccccc2c1=O)NC(C)=O. The molecule has 1 amide bonds. The summed E-state index contributed by atoms with van der Waals surface area (Å²) in [6.07, 6.45) is 1.35. The van der Waals surface area contributed by atoms with Gasteiger partial charge < -0.3 is 10.1 Å². The zero-order valence-corrected chi connectivity index (χ0v) is 11.7. The Morgan fingerprint density at radius 1 is 1.38 bits per heavy atom. The van der Waals surface area contributed by atoms with Gasteiger partial charge in [0.25, 0.3) is 5.56 Å². The Labute approximate surface area is 120 Å². The van der Waals surface area contributed by atoms with Crippen molar-refractivity contribution in [1.82, 2.24) is 14.9 Å². The summed E-state index contributed by atoms with van der Waals surface area (Å²) in [5.74, 6) is -1.00. The van der Waals surface area contributed by atoms with Crippen LogP contribution in [0.3, 0.4) is 0 Å². The first-order valence-electron chi connectivity index (χ1n) is 6.32. The van der Waals surface area contributed by atoms with Crippen LogP contribution in [0.2, 0.25) is 0 Å². The maximum atomic E-state index is 12.3. The highest BCUT2D eigenvalue weighted by Crippen LogP contribution is 2.05. The molecule has 21 heavy (non-hydrogen) atoms. The second-order valence-electron chi connectivity index (χ2n) is 4.50. The van der Waals surface area contributed by atoms with Crippen molar-refractivity contribution >= 4 is 22.8 Å². The van der Waals surface area contributed by atoms with Crippen molar-refractivity contribution in [2.45, 2.75) is 19.5 Å². The second-order valence-corrected chi connectivity index (χ2v) is 4.50. The third-order valence-corrected chi connectivity index (χ3v) is 2.97. The first-order chi connectivity index (χ1) is 10.0. The first kappa shape index (κ1) is 14.7. The number of para-hydroxylation sites is 1. The maximum Gasteiger partial charge on any atom is 0.330 e. The van der Waals surface area contributed by atoms with E-state index in [2.05, 4.69) is 15.0 Å². The highest BCUT2D eigenvalue weighted by molar-refractivity contribution is 5.83. The van der Waals surface area contributed by atoms with Crippen LogP contribution in [0.25, 0.3) is 10.9 Å². The van der Waals surface area contributed by atoms with Gasteiger partial charge in [-0.25, -0.2) is 9.78 Å². The molecule has 1 N–H and O–H groups in total. The van der Waals surface area contributed by atoms with E-state index in [9.17, 15) is 14.4 Å². The number of rotatable bonds is 4. The lowest BCUT2D eigenvalue weighted by Crippen LogP contribution is -2.45. The number of nitrogens with one attached hydrogen (secondary N) is 1. The van der Waals surface area contributed by atoms with Gasteiger partial charge in [-0.3, -0.25) is 14.2 Å². The Balaban J connectivity index is 2.36. The fourth-order valence-corrected chi connectivity index (χ4v) is 2.00. The molecule has 2 rings (SSSR count). The zero-order valence-electron chi connectivity index (χ0n) is 11.7. The van der Waals surface area contributed by atoms with Crippen molar-refractivity contribution in [3.63, 3.8) is 0 Å². The summed E-state index contributed by atoms with van der Waals surface area (Å²) in [5.41, 5.74) is 0.299. The molecule has 0 saturated carbocycles. The van der Waals surface area contributed by atoms with Crippen LogP contribution in [0.4, 0.5) is 0 Å². The van der Waals surface area contributed by atoms with Crippen LogP contribution in [0.15, 0.2) is 35.4 Å². The lowest BCUT2D eigenvalue weighted by atomic mass is 10.2. The van der Waals surface area contributed by atoms with Crippen LogP contribution in [0, 0.1) is 0 Å². The molecule has 0 aliphatic heterocycles. The minimum atomic E-state index is -0.937. The van der Waals surface area contributed by atoms with Gasteiger partial charge >= 0.3 is 5.97 Å². The predicted octanol–water partition coefficient (Wildman–Crippen LogP) is 0.0742. The normalized spacial score (nSPS) is 11.9. The minimum Gasteiger partial charge on any atom is -0.467 e. The molecule has 0 aliphatic rings. The summed E-state index contributed by atoms with van der Waals surface area (Å²) in [4.78, 5) is 39.3. The first-order valence-corrected chi connectivity index (χ1v) is 6.32. The number of nitrogens with zero attached hydrogens (tertiary/aromatic N) is 2. The van der Waals surface area contributed by atoms with Crippen LogP contribution < -0.4 is 10.9 Å². The van der Waals surface area contributed by atoms with Crippen molar-refractivity contribution in [3.8, 4) is 0 Å². The van der Waals surface area contributed by atoms with Crippen molar-refractivity contribution < 1.29 is 14.3 Å². The van der Waals surface area contributed by atoms with Crippen LogP contribution >= 0.6 is 0 Å². The summed E-state index contributed by atoms with van der Waals surface area (Å²) >= 11 is 0. The molecular weight excluding hydrogens is 274 g/mol. The molecule has 1 aromatic heterocycles. The van der Waals surface area contributed by atoms with Crippen molar-refractivity contribution in [2.75, 3.05) is 7.11 Å². The number of hydrogen-bond acceptors (Lipinski definition) is 5. The molecule has 110 valence electrons. The van der Waals surface area contributed by atoms with E-state index in [0.29, 0.717) is 10.9 Å². The van der Waals surface area contributed by atoms with Gasteiger partial charge in [-0.05, 0) is 12.1 Å². The lowest BCUT2D eigenvalue weighted by Gasteiger charge is -2.16. The van der Waals surface area contributed by atoms with Gasteiger partial charge in [0, 0.05) is 6.92 Å². The molecule has 0 fully saturated rings. The smallest absolute Gasteiger partial charge is 0.330 e. The standard InChI is InChI=1S/C14H15N3O4/c1-9(18)16-12(14(20)21-2)7-17-8-15-11-6-4-3-5-10(11)13(17)19/h3-6,8,12H,7H2,1-2H3,(H,16,18). The highest BCUT2D eigenvalue weighted by atomic mass is 16.5. The quantitative estimate of drug-likeness (QED) is 0.805. The van der Waals surface area contributed by atoms with Gasteiger partial charge in [-0.1, -0.05) is 12.1 Å². The van der Waals surface area contributed by atoms with Crippen molar-refractivity contribution in [2.24, 2.45) is 0 Å². The Morgan fingerprint density at radius 2 is 2.10 bits per heavy atom.